The van der Waals surface area contributed by atoms with Crippen LogP contribution in [0.25, 0.3) is 0 Å². The Balaban J connectivity index is 1.60. The first-order valence-corrected chi connectivity index (χ1v) is 7.44. The van der Waals surface area contributed by atoms with E-state index in [4.69, 9.17) is 10.5 Å². The van der Waals surface area contributed by atoms with E-state index in [1.807, 2.05) is 0 Å². The quantitative estimate of drug-likeness (QED) is 0.812. The number of hydrogen-bond acceptors (Lipinski definition) is 3. The van der Waals surface area contributed by atoms with Gasteiger partial charge < -0.3 is 10.5 Å². The lowest BCUT2D eigenvalue weighted by Crippen LogP contribution is -2.50. The molecule has 4 unspecified atom stereocenters. The second-order valence-corrected chi connectivity index (χ2v) is 6.09. The molecule has 3 nitrogen and oxygen atoms in total. The van der Waals surface area contributed by atoms with Crippen molar-refractivity contribution in [2.45, 2.75) is 50.7 Å². The van der Waals surface area contributed by atoms with Crippen molar-refractivity contribution in [3.8, 4) is 0 Å². The maximum absolute atomic E-state index is 5.89. The average molecular weight is 238 g/mol. The molecule has 3 heteroatoms. The van der Waals surface area contributed by atoms with E-state index in [1.165, 1.54) is 45.1 Å². The van der Waals surface area contributed by atoms with Gasteiger partial charge in [-0.25, -0.2) is 0 Å². The third-order valence-electron chi connectivity index (χ3n) is 5.19. The first kappa shape index (κ1) is 11.9. The van der Waals surface area contributed by atoms with Crippen LogP contribution in [0.2, 0.25) is 0 Å². The summed E-state index contributed by atoms with van der Waals surface area (Å²) in [4.78, 5) is 2.72. The maximum atomic E-state index is 5.89. The molecule has 98 valence electrons. The van der Waals surface area contributed by atoms with Gasteiger partial charge in [0.2, 0.25) is 0 Å². The van der Waals surface area contributed by atoms with E-state index in [9.17, 15) is 0 Å². The van der Waals surface area contributed by atoms with Crippen molar-refractivity contribution < 1.29 is 4.74 Å². The van der Waals surface area contributed by atoms with Crippen molar-refractivity contribution in [1.29, 1.82) is 0 Å². The largest absolute Gasteiger partial charge is 0.375 e. The Morgan fingerprint density at radius 1 is 1.06 bits per heavy atom. The van der Waals surface area contributed by atoms with Crippen molar-refractivity contribution in [3.63, 3.8) is 0 Å². The fraction of sp³-hybridized carbons (Fsp3) is 1.00. The lowest BCUT2D eigenvalue weighted by Gasteiger charge is -2.39. The number of rotatable bonds is 3. The first-order valence-electron chi connectivity index (χ1n) is 7.44. The van der Waals surface area contributed by atoms with Gasteiger partial charge in [0, 0.05) is 19.1 Å². The predicted molar refractivity (Wildman–Crippen MR) is 68.8 cm³/mol. The molecule has 0 spiro atoms. The Kier molecular flexibility index (Phi) is 3.69. The average Bonchev–Trinajstić information content (AvgIpc) is 2.97. The van der Waals surface area contributed by atoms with Crippen molar-refractivity contribution >= 4 is 0 Å². The second kappa shape index (κ2) is 5.25. The summed E-state index contributed by atoms with van der Waals surface area (Å²) < 4.78 is 5.88. The number of fused-ring (bicyclic) bond motifs is 1. The molecule has 0 bridgehead atoms. The van der Waals surface area contributed by atoms with Gasteiger partial charge in [-0.05, 0) is 50.5 Å². The third kappa shape index (κ3) is 2.38. The van der Waals surface area contributed by atoms with Crippen LogP contribution in [0.4, 0.5) is 0 Å². The number of nitrogens with zero attached hydrogens (tertiary/aromatic N) is 1. The Labute approximate surface area is 105 Å². The van der Waals surface area contributed by atoms with E-state index in [2.05, 4.69) is 4.90 Å². The molecule has 1 saturated heterocycles. The van der Waals surface area contributed by atoms with Crippen LogP contribution in [0.15, 0.2) is 0 Å². The van der Waals surface area contributed by atoms with E-state index in [0.717, 1.165) is 37.6 Å². The zero-order chi connectivity index (χ0) is 11.7. The van der Waals surface area contributed by atoms with Crippen molar-refractivity contribution in [2.24, 2.45) is 17.6 Å². The Bertz CT molecular complexity index is 259. The smallest absolute Gasteiger partial charge is 0.0730 e. The lowest BCUT2D eigenvalue weighted by molar-refractivity contribution is -0.0616. The van der Waals surface area contributed by atoms with Crippen LogP contribution in [-0.4, -0.2) is 43.3 Å². The summed E-state index contributed by atoms with van der Waals surface area (Å²) >= 11 is 0. The summed E-state index contributed by atoms with van der Waals surface area (Å²) in [5.41, 5.74) is 5.89. The summed E-state index contributed by atoms with van der Waals surface area (Å²) in [5.74, 6) is 1.65. The van der Waals surface area contributed by atoms with Gasteiger partial charge in [0.1, 0.15) is 0 Å². The SMILES string of the molecule is NCC1CCCC1CN1CCOC2CCCC21. The molecular formula is C14H26N2O. The van der Waals surface area contributed by atoms with Crippen molar-refractivity contribution in [1.82, 2.24) is 4.90 Å². The molecule has 2 aliphatic carbocycles. The van der Waals surface area contributed by atoms with Crippen LogP contribution < -0.4 is 5.73 Å². The minimum absolute atomic E-state index is 0.543. The van der Waals surface area contributed by atoms with Crippen LogP contribution in [0, 0.1) is 11.8 Å². The second-order valence-electron chi connectivity index (χ2n) is 6.09. The van der Waals surface area contributed by atoms with E-state index in [1.54, 1.807) is 0 Å². The standard InChI is InChI=1S/C14H26N2O/c15-9-11-3-1-4-12(11)10-16-7-8-17-14-6-2-5-13(14)16/h11-14H,1-10,15H2. The summed E-state index contributed by atoms with van der Waals surface area (Å²) in [7, 11) is 0. The Morgan fingerprint density at radius 2 is 1.88 bits per heavy atom. The van der Waals surface area contributed by atoms with Gasteiger partial charge in [0.25, 0.3) is 0 Å². The van der Waals surface area contributed by atoms with Crippen molar-refractivity contribution in [2.75, 3.05) is 26.2 Å². The molecule has 0 aromatic heterocycles. The van der Waals surface area contributed by atoms with Crippen LogP contribution in [-0.2, 0) is 4.74 Å². The molecule has 1 heterocycles. The number of morpholine rings is 1. The molecule has 0 amide bonds. The van der Waals surface area contributed by atoms with E-state index >= 15 is 0 Å². The van der Waals surface area contributed by atoms with Crippen LogP contribution in [0.3, 0.4) is 0 Å². The highest BCUT2D eigenvalue weighted by Gasteiger charge is 2.38. The fourth-order valence-electron chi connectivity index (χ4n) is 4.20. The summed E-state index contributed by atoms with van der Waals surface area (Å²) in [6.07, 6.45) is 8.69. The lowest BCUT2D eigenvalue weighted by atomic mass is 9.94. The molecule has 0 aromatic carbocycles. The number of hydrogen-bond donors (Lipinski definition) is 1. The molecule has 3 rings (SSSR count). The summed E-state index contributed by atoms with van der Waals surface area (Å²) in [5, 5.41) is 0. The molecule has 0 aromatic rings. The van der Waals surface area contributed by atoms with Gasteiger partial charge in [0.15, 0.2) is 0 Å². The van der Waals surface area contributed by atoms with E-state index in [-0.39, 0.29) is 0 Å². The minimum Gasteiger partial charge on any atom is -0.375 e. The molecule has 3 aliphatic rings. The van der Waals surface area contributed by atoms with Crippen LogP contribution in [0.5, 0.6) is 0 Å². The molecule has 1 aliphatic heterocycles. The maximum Gasteiger partial charge on any atom is 0.0730 e. The van der Waals surface area contributed by atoms with Gasteiger partial charge >= 0.3 is 0 Å². The molecule has 2 saturated carbocycles. The van der Waals surface area contributed by atoms with Crippen LogP contribution >= 0.6 is 0 Å². The van der Waals surface area contributed by atoms with Gasteiger partial charge in [-0.2, -0.15) is 0 Å². The molecule has 2 N–H and O–H groups in total. The first-order chi connectivity index (χ1) is 8.38. The Hall–Kier alpha value is -0.120. The predicted octanol–water partition coefficient (Wildman–Crippen LogP) is 1.61. The molecule has 17 heavy (non-hydrogen) atoms. The molecule has 3 fully saturated rings. The highest BCUT2D eigenvalue weighted by atomic mass is 16.5. The van der Waals surface area contributed by atoms with E-state index < -0.39 is 0 Å². The van der Waals surface area contributed by atoms with Gasteiger partial charge in [0.05, 0.1) is 12.7 Å². The minimum atomic E-state index is 0.543. The molecular weight excluding hydrogens is 212 g/mol. The zero-order valence-electron chi connectivity index (χ0n) is 10.8. The van der Waals surface area contributed by atoms with Gasteiger partial charge in [-0.1, -0.05) is 6.42 Å². The van der Waals surface area contributed by atoms with Gasteiger partial charge in [-0.15, -0.1) is 0 Å². The summed E-state index contributed by atoms with van der Waals surface area (Å²) in [6.45, 7) is 4.27. The Morgan fingerprint density at radius 3 is 2.76 bits per heavy atom. The molecule has 4 atom stereocenters. The van der Waals surface area contributed by atoms with Gasteiger partial charge in [-0.3, -0.25) is 4.90 Å². The van der Waals surface area contributed by atoms with E-state index in [0.29, 0.717) is 6.10 Å². The summed E-state index contributed by atoms with van der Waals surface area (Å²) in [6, 6.07) is 0.725. The van der Waals surface area contributed by atoms with Crippen molar-refractivity contribution in [3.05, 3.63) is 0 Å². The highest BCUT2D eigenvalue weighted by molar-refractivity contribution is 4.91. The highest BCUT2D eigenvalue weighted by Crippen LogP contribution is 2.35. The fourth-order valence-corrected chi connectivity index (χ4v) is 4.20. The zero-order valence-corrected chi connectivity index (χ0v) is 10.8. The van der Waals surface area contributed by atoms with Crippen LogP contribution in [0.1, 0.15) is 38.5 Å². The number of nitrogens with two attached hydrogens (primary N) is 1. The molecule has 0 radical (unpaired) electrons. The monoisotopic (exact) mass is 238 g/mol. The normalized spacial score (nSPS) is 42.9. The number of ether oxygens (including phenoxy) is 1. The topological polar surface area (TPSA) is 38.5 Å². The third-order valence-corrected chi connectivity index (χ3v) is 5.19.